The molecule has 6 heteroatoms. The minimum atomic E-state index is 0. The van der Waals surface area contributed by atoms with Crippen LogP contribution in [-0.4, -0.2) is 24.7 Å². The molecule has 0 fully saturated rings. The lowest BCUT2D eigenvalue weighted by Gasteiger charge is -2.19. The van der Waals surface area contributed by atoms with Gasteiger partial charge in [0.2, 0.25) is 0 Å². The van der Waals surface area contributed by atoms with E-state index in [-0.39, 0.29) is 30.0 Å². The van der Waals surface area contributed by atoms with Gasteiger partial charge in [0.05, 0.1) is 11.7 Å². The molecule has 0 radical (unpaired) electrons. The summed E-state index contributed by atoms with van der Waals surface area (Å²) in [5, 5.41) is 13.3. The second-order valence-electron chi connectivity index (χ2n) is 6.52. The first-order valence-corrected chi connectivity index (χ1v) is 8.96. The van der Waals surface area contributed by atoms with Gasteiger partial charge < -0.3 is 15.2 Å². The van der Waals surface area contributed by atoms with E-state index >= 15 is 0 Å². The van der Waals surface area contributed by atoms with E-state index in [1.807, 2.05) is 13.8 Å². The van der Waals surface area contributed by atoms with Gasteiger partial charge in [0, 0.05) is 19.2 Å². The number of nitrogens with one attached hydrogen (secondary N) is 2. The fourth-order valence-corrected chi connectivity index (χ4v) is 3.12. The van der Waals surface area contributed by atoms with Crippen LogP contribution in [0.1, 0.15) is 35.5 Å². The molecule has 0 aliphatic rings. The number of aryl methyl sites for hydroxylation is 2. The third-order valence-corrected chi connectivity index (χ3v) is 4.70. The Morgan fingerprint density at radius 3 is 2.56 bits per heavy atom. The summed E-state index contributed by atoms with van der Waals surface area (Å²) in [7, 11) is 1.79. The number of aromatic nitrogens is 1. The van der Waals surface area contributed by atoms with Gasteiger partial charge in [-0.25, -0.2) is 0 Å². The minimum Gasteiger partial charge on any atom is -0.361 e. The standard InChI is InChI=1S/C21H26N4O.HI/c1-14(18-10-9-17-7-5-6-8-19(17)13-18)24-21(22-4)23-12-11-20-15(2)25-26-16(20)3;/h5-10,13-14H,11-12H2,1-4H3,(H2,22,23,24);1H. The van der Waals surface area contributed by atoms with Crippen molar-refractivity contribution in [2.24, 2.45) is 4.99 Å². The number of rotatable bonds is 5. The van der Waals surface area contributed by atoms with E-state index in [9.17, 15) is 0 Å². The van der Waals surface area contributed by atoms with Crippen molar-refractivity contribution in [1.29, 1.82) is 0 Å². The Bertz CT molecular complexity index is 900. The van der Waals surface area contributed by atoms with E-state index in [0.717, 1.165) is 35.9 Å². The van der Waals surface area contributed by atoms with Crippen molar-refractivity contribution in [2.45, 2.75) is 33.2 Å². The average Bonchev–Trinajstić information content (AvgIpc) is 2.98. The molecule has 1 atom stereocenters. The third kappa shape index (κ3) is 5.22. The SMILES string of the molecule is CN=C(NCCc1c(C)noc1C)NC(C)c1ccc2ccccc2c1.I. The molecule has 0 spiro atoms. The maximum atomic E-state index is 5.21. The number of guanidine groups is 1. The molecule has 0 saturated carbocycles. The van der Waals surface area contributed by atoms with Crippen LogP contribution in [0.15, 0.2) is 52.0 Å². The zero-order valence-electron chi connectivity index (χ0n) is 16.2. The van der Waals surface area contributed by atoms with Crippen molar-refractivity contribution in [3.05, 3.63) is 65.0 Å². The number of aliphatic imine (C=N–C) groups is 1. The molecular weight excluding hydrogens is 451 g/mol. The summed E-state index contributed by atoms with van der Waals surface area (Å²) in [6, 6.07) is 15.1. The molecule has 144 valence electrons. The molecule has 0 saturated heterocycles. The molecule has 3 aromatic rings. The Morgan fingerprint density at radius 1 is 1.15 bits per heavy atom. The maximum absolute atomic E-state index is 5.21. The van der Waals surface area contributed by atoms with E-state index < -0.39 is 0 Å². The van der Waals surface area contributed by atoms with Gasteiger partial charge in [-0.2, -0.15) is 0 Å². The molecule has 0 aliphatic heterocycles. The van der Waals surface area contributed by atoms with Crippen molar-refractivity contribution in [2.75, 3.05) is 13.6 Å². The van der Waals surface area contributed by atoms with Gasteiger partial charge in [0.15, 0.2) is 5.96 Å². The van der Waals surface area contributed by atoms with Crippen LogP contribution in [0.25, 0.3) is 10.8 Å². The van der Waals surface area contributed by atoms with E-state index in [4.69, 9.17) is 4.52 Å². The largest absolute Gasteiger partial charge is 0.361 e. The number of hydrogen-bond acceptors (Lipinski definition) is 3. The number of nitrogens with zero attached hydrogens (tertiary/aromatic N) is 2. The molecule has 1 heterocycles. The lowest BCUT2D eigenvalue weighted by atomic mass is 10.0. The number of halogens is 1. The highest BCUT2D eigenvalue weighted by Gasteiger charge is 2.11. The van der Waals surface area contributed by atoms with Crippen LogP contribution >= 0.6 is 24.0 Å². The molecular formula is C21H27IN4O. The molecule has 2 N–H and O–H groups in total. The minimum absolute atomic E-state index is 0. The summed E-state index contributed by atoms with van der Waals surface area (Å²) in [5.74, 6) is 1.68. The smallest absolute Gasteiger partial charge is 0.191 e. The van der Waals surface area contributed by atoms with E-state index in [1.54, 1.807) is 7.05 Å². The highest BCUT2D eigenvalue weighted by molar-refractivity contribution is 14.0. The third-order valence-electron chi connectivity index (χ3n) is 4.70. The Balaban J connectivity index is 0.00000261. The number of benzene rings is 2. The highest BCUT2D eigenvalue weighted by atomic mass is 127. The quantitative estimate of drug-likeness (QED) is 0.322. The molecule has 5 nitrogen and oxygen atoms in total. The summed E-state index contributed by atoms with van der Waals surface area (Å²) in [5.41, 5.74) is 3.35. The Hall–Kier alpha value is -2.09. The number of fused-ring (bicyclic) bond motifs is 1. The van der Waals surface area contributed by atoms with Gasteiger partial charge in [-0.1, -0.05) is 41.6 Å². The summed E-state index contributed by atoms with van der Waals surface area (Å²) in [6.45, 7) is 6.84. The van der Waals surface area contributed by atoms with Crippen molar-refractivity contribution < 1.29 is 4.52 Å². The van der Waals surface area contributed by atoms with Crippen LogP contribution in [-0.2, 0) is 6.42 Å². The monoisotopic (exact) mass is 478 g/mol. The van der Waals surface area contributed by atoms with Crippen LogP contribution in [0.2, 0.25) is 0 Å². The Labute approximate surface area is 177 Å². The first kappa shape index (κ1) is 21.2. The maximum Gasteiger partial charge on any atom is 0.191 e. The molecule has 0 amide bonds. The summed E-state index contributed by atoms with van der Waals surface area (Å²) in [6.07, 6.45) is 0.853. The van der Waals surface area contributed by atoms with Gasteiger partial charge in [-0.05, 0) is 49.6 Å². The lowest BCUT2D eigenvalue weighted by Crippen LogP contribution is -2.39. The Kier molecular flexibility index (Phi) is 7.65. The molecule has 0 aliphatic carbocycles. The zero-order valence-corrected chi connectivity index (χ0v) is 18.6. The molecule has 3 rings (SSSR count). The second-order valence-corrected chi connectivity index (χ2v) is 6.52. The van der Waals surface area contributed by atoms with Crippen LogP contribution in [0.4, 0.5) is 0 Å². The van der Waals surface area contributed by atoms with Gasteiger partial charge in [0.1, 0.15) is 5.76 Å². The molecule has 1 aromatic heterocycles. The van der Waals surface area contributed by atoms with E-state index in [1.165, 1.54) is 16.3 Å². The van der Waals surface area contributed by atoms with Gasteiger partial charge in [-0.15, -0.1) is 24.0 Å². The average molecular weight is 478 g/mol. The van der Waals surface area contributed by atoms with Crippen LogP contribution in [0.3, 0.4) is 0 Å². The van der Waals surface area contributed by atoms with E-state index in [2.05, 4.69) is 70.2 Å². The van der Waals surface area contributed by atoms with Gasteiger partial charge >= 0.3 is 0 Å². The first-order chi connectivity index (χ1) is 12.6. The van der Waals surface area contributed by atoms with Crippen molar-refractivity contribution in [1.82, 2.24) is 15.8 Å². The molecule has 1 unspecified atom stereocenters. The molecule has 0 bridgehead atoms. The summed E-state index contributed by atoms with van der Waals surface area (Å²) < 4.78 is 5.21. The topological polar surface area (TPSA) is 62.5 Å². The molecule has 27 heavy (non-hydrogen) atoms. The predicted molar refractivity (Wildman–Crippen MR) is 122 cm³/mol. The second kappa shape index (κ2) is 9.73. The van der Waals surface area contributed by atoms with Crippen molar-refractivity contribution >= 4 is 40.7 Å². The fraction of sp³-hybridized carbons (Fsp3) is 0.333. The highest BCUT2D eigenvalue weighted by Crippen LogP contribution is 2.20. The fourth-order valence-electron chi connectivity index (χ4n) is 3.12. The van der Waals surface area contributed by atoms with Crippen molar-refractivity contribution in [3.8, 4) is 0 Å². The zero-order chi connectivity index (χ0) is 18.5. The lowest BCUT2D eigenvalue weighted by molar-refractivity contribution is 0.392. The predicted octanol–water partition coefficient (Wildman–Crippen LogP) is 4.53. The van der Waals surface area contributed by atoms with Crippen LogP contribution in [0.5, 0.6) is 0 Å². The summed E-state index contributed by atoms with van der Waals surface area (Å²) >= 11 is 0. The van der Waals surface area contributed by atoms with Gasteiger partial charge in [-0.3, -0.25) is 4.99 Å². The van der Waals surface area contributed by atoms with Crippen molar-refractivity contribution in [3.63, 3.8) is 0 Å². The summed E-state index contributed by atoms with van der Waals surface area (Å²) in [4.78, 5) is 4.33. The number of hydrogen-bond donors (Lipinski definition) is 2. The van der Waals surface area contributed by atoms with E-state index in [0.29, 0.717) is 0 Å². The van der Waals surface area contributed by atoms with Crippen LogP contribution in [0, 0.1) is 13.8 Å². The first-order valence-electron chi connectivity index (χ1n) is 8.96. The molecule has 2 aromatic carbocycles. The van der Waals surface area contributed by atoms with Crippen LogP contribution < -0.4 is 10.6 Å². The normalized spacial score (nSPS) is 12.5. The Morgan fingerprint density at radius 2 is 1.89 bits per heavy atom. The van der Waals surface area contributed by atoms with Gasteiger partial charge in [0.25, 0.3) is 0 Å².